The molecule has 0 radical (unpaired) electrons. The lowest BCUT2D eigenvalue weighted by Gasteiger charge is -2.55. The number of anilines is 1. The normalized spacial score (nSPS) is 23.1. The molecule has 2 aliphatic heterocycles. The molecule has 1 aliphatic carbocycles. The van der Waals surface area contributed by atoms with Crippen molar-refractivity contribution in [2.75, 3.05) is 31.2 Å². The molecular formula is C21H27F2N5O. The fourth-order valence-corrected chi connectivity index (χ4v) is 4.76. The summed E-state index contributed by atoms with van der Waals surface area (Å²) in [4.78, 5) is 11.8. The Hall–Kier alpha value is -2.09. The second kappa shape index (κ2) is 6.72. The summed E-state index contributed by atoms with van der Waals surface area (Å²) in [6, 6.07) is 4.04. The van der Waals surface area contributed by atoms with Crippen LogP contribution >= 0.6 is 0 Å². The van der Waals surface area contributed by atoms with Gasteiger partial charge in [-0.1, -0.05) is 0 Å². The minimum absolute atomic E-state index is 0.0193. The van der Waals surface area contributed by atoms with E-state index in [2.05, 4.69) is 10.00 Å². The lowest BCUT2D eigenvalue weighted by Crippen LogP contribution is -2.66. The zero-order valence-corrected chi connectivity index (χ0v) is 17.0. The third kappa shape index (κ3) is 3.63. The van der Waals surface area contributed by atoms with Gasteiger partial charge in [-0.3, -0.25) is 0 Å². The van der Waals surface area contributed by atoms with Crippen LogP contribution in [-0.4, -0.2) is 52.0 Å². The summed E-state index contributed by atoms with van der Waals surface area (Å²) < 4.78 is 34.2. The summed E-state index contributed by atoms with van der Waals surface area (Å²) in [6.07, 6.45) is 1.76. The van der Waals surface area contributed by atoms with Crippen LogP contribution < -0.4 is 4.90 Å². The van der Waals surface area contributed by atoms with Crippen molar-refractivity contribution in [1.82, 2.24) is 19.7 Å². The maximum absolute atomic E-state index is 13.5. The maximum Gasteiger partial charge on any atom is 0.252 e. The SMILES string of the molecule is Cc1cc(C)n(-c2nc(CC3CCC(F)(F)CC3)cc(N3CC4(COC4)C3)n2)n1. The Labute approximate surface area is 169 Å². The summed E-state index contributed by atoms with van der Waals surface area (Å²) in [6.45, 7) is 7.46. The van der Waals surface area contributed by atoms with Crippen LogP contribution in [0.3, 0.4) is 0 Å². The second-order valence-corrected chi connectivity index (χ2v) is 9.21. The topological polar surface area (TPSA) is 56.1 Å². The minimum Gasteiger partial charge on any atom is -0.380 e. The molecule has 2 aromatic heterocycles. The number of hydrogen-bond acceptors (Lipinski definition) is 5. The first-order valence-corrected chi connectivity index (χ1v) is 10.4. The van der Waals surface area contributed by atoms with Gasteiger partial charge in [-0.05, 0) is 45.1 Å². The highest BCUT2D eigenvalue weighted by Gasteiger charge is 2.49. The van der Waals surface area contributed by atoms with E-state index in [0.29, 0.717) is 30.6 Å². The third-order valence-electron chi connectivity index (χ3n) is 6.48. The number of aryl methyl sites for hydroxylation is 2. The van der Waals surface area contributed by atoms with Gasteiger partial charge in [0.2, 0.25) is 5.92 Å². The third-order valence-corrected chi connectivity index (χ3v) is 6.48. The smallest absolute Gasteiger partial charge is 0.252 e. The highest BCUT2D eigenvalue weighted by Crippen LogP contribution is 2.41. The fraction of sp³-hybridized carbons (Fsp3) is 0.667. The van der Waals surface area contributed by atoms with Gasteiger partial charge in [0.05, 0.1) is 24.3 Å². The molecule has 6 nitrogen and oxygen atoms in total. The molecule has 8 heteroatoms. The largest absolute Gasteiger partial charge is 0.380 e. The van der Waals surface area contributed by atoms with Crippen molar-refractivity contribution in [3.8, 4) is 5.95 Å². The molecule has 156 valence electrons. The van der Waals surface area contributed by atoms with E-state index >= 15 is 0 Å². The fourth-order valence-electron chi connectivity index (χ4n) is 4.76. The second-order valence-electron chi connectivity index (χ2n) is 9.21. The first-order chi connectivity index (χ1) is 13.8. The van der Waals surface area contributed by atoms with Gasteiger partial charge in [0.15, 0.2) is 0 Å². The lowest BCUT2D eigenvalue weighted by atomic mass is 9.78. The lowest BCUT2D eigenvalue weighted by molar-refractivity contribution is -0.127. The summed E-state index contributed by atoms with van der Waals surface area (Å²) >= 11 is 0. The van der Waals surface area contributed by atoms with Crippen LogP contribution in [0.4, 0.5) is 14.6 Å². The molecule has 0 N–H and O–H groups in total. The predicted molar refractivity (Wildman–Crippen MR) is 105 cm³/mol. The molecule has 0 amide bonds. The van der Waals surface area contributed by atoms with Gasteiger partial charge in [-0.25, -0.2) is 18.4 Å². The minimum atomic E-state index is -2.50. The van der Waals surface area contributed by atoms with E-state index in [9.17, 15) is 8.78 Å². The molecule has 0 aromatic carbocycles. The van der Waals surface area contributed by atoms with Crippen molar-refractivity contribution >= 4 is 5.82 Å². The Morgan fingerprint density at radius 2 is 1.83 bits per heavy atom. The summed E-state index contributed by atoms with van der Waals surface area (Å²) in [5, 5.41) is 4.54. The molecule has 0 unspecified atom stereocenters. The van der Waals surface area contributed by atoms with Gasteiger partial charge >= 0.3 is 0 Å². The number of alkyl halides is 2. The van der Waals surface area contributed by atoms with Gasteiger partial charge in [0, 0.05) is 43.4 Å². The van der Waals surface area contributed by atoms with Crippen LogP contribution in [0.1, 0.15) is 42.8 Å². The summed E-state index contributed by atoms with van der Waals surface area (Å²) in [5.74, 6) is -0.793. The molecule has 5 rings (SSSR count). The molecule has 29 heavy (non-hydrogen) atoms. The number of halogens is 2. The Morgan fingerprint density at radius 3 is 2.41 bits per heavy atom. The van der Waals surface area contributed by atoms with E-state index in [1.807, 2.05) is 26.0 Å². The van der Waals surface area contributed by atoms with E-state index in [0.717, 1.165) is 49.2 Å². The van der Waals surface area contributed by atoms with Crippen molar-refractivity contribution in [1.29, 1.82) is 0 Å². The van der Waals surface area contributed by atoms with Crippen LogP contribution in [0, 0.1) is 25.2 Å². The first kappa shape index (κ1) is 18.9. The summed E-state index contributed by atoms with van der Waals surface area (Å²) in [7, 11) is 0. The molecule has 1 spiro atoms. The molecule has 0 bridgehead atoms. The number of ether oxygens (including phenoxy) is 1. The van der Waals surface area contributed by atoms with E-state index in [1.54, 1.807) is 4.68 Å². The van der Waals surface area contributed by atoms with Crippen LogP contribution in [0.2, 0.25) is 0 Å². The standard InChI is InChI=1S/C21H27F2N5O/c1-14-7-15(2)28(26-14)19-24-17(8-16-3-5-21(22,23)6-4-16)9-18(25-19)27-10-20(11-27)12-29-13-20/h7,9,16H,3-6,8,10-13H2,1-2H3. The number of rotatable bonds is 4. The van der Waals surface area contributed by atoms with E-state index in [1.165, 1.54) is 0 Å². The molecule has 1 saturated carbocycles. The maximum atomic E-state index is 13.5. The van der Waals surface area contributed by atoms with Crippen molar-refractivity contribution in [3.63, 3.8) is 0 Å². The number of nitrogens with zero attached hydrogens (tertiary/aromatic N) is 5. The monoisotopic (exact) mass is 403 g/mol. The van der Waals surface area contributed by atoms with Crippen LogP contribution in [0.5, 0.6) is 0 Å². The molecule has 0 atom stereocenters. The highest BCUT2D eigenvalue weighted by atomic mass is 19.3. The van der Waals surface area contributed by atoms with E-state index < -0.39 is 5.92 Å². The molecule has 3 fully saturated rings. The summed E-state index contributed by atoms with van der Waals surface area (Å²) in [5.41, 5.74) is 3.11. The van der Waals surface area contributed by atoms with E-state index in [-0.39, 0.29) is 18.8 Å². The van der Waals surface area contributed by atoms with E-state index in [4.69, 9.17) is 14.7 Å². The van der Waals surface area contributed by atoms with Crippen molar-refractivity contribution in [2.24, 2.45) is 11.3 Å². The number of hydrogen-bond donors (Lipinski definition) is 0. The molecule has 4 heterocycles. The van der Waals surface area contributed by atoms with Gasteiger partial charge in [0.1, 0.15) is 5.82 Å². The van der Waals surface area contributed by atoms with Crippen molar-refractivity contribution in [2.45, 2.75) is 51.9 Å². The first-order valence-electron chi connectivity index (χ1n) is 10.4. The average Bonchev–Trinajstić information content (AvgIpc) is 2.93. The molecule has 2 saturated heterocycles. The zero-order valence-electron chi connectivity index (χ0n) is 17.0. The molecule has 3 aliphatic rings. The highest BCUT2D eigenvalue weighted by molar-refractivity contribution is 5.47. The average molecular weight is 403 g/mol. The van der Waals surface area contributed by atoms with Crippen LogP contribution in [0.25, 0.3) is 5.95 Å². The van der Waals surface area contributed by atoms with Gasteiger partial charge < -0.3 is 9.64 Å². The van der Waals surface area contributed by atoms with Crippen LogP contribution in [-0.2, 0) is 11.2 Å². The zero-order chi connectivity index (χ0) is 20.2. The predicted octanol–water partition coefficient (Wildman–Crippen LogP) is 3.48. The molecular weight excluding hydrogens is 376 g/mol. The van der Waals surface area contributed by atoms with Gasteiger partial charge in [0.25, 0.3) is 5.95 Å². The Morgan fingerprint density at radius 1 is 1.10 bits per heavy atom. The van der Waals surface area contributed by atoms with Gasteiger partial charge in [-0.2, -0.15) is 10.1 Å². The van der Waals surface area contributed by atoms with Crippen LogP contribution in [0.15, 0.2) is 12.1 Å². The Bertz CT molecular complexity index is 906. The quantitative estimate of drug-likeness (QED) is 0.782. The molecule has 2 aromatic rings. The number of aromatic nitrogens is 4. The van der Waals surface area contributed by atoms with Gasteiger partial charge in [-0.15, -0.1) is 0 Å². The Balaban J connectivity index is 1.41. The Kier molecular flexibility index (Phi) is 4.38. The van der Waals surface area contributed by atoms with Crippen molar-refractivity contribution < 1.29 is 13.5 Å². The van der Waals surface area contributed by atoms with Crippen molar-refractivity contribution in [3.05, 3.63) is 29.2 Å².